The Bertz CT molecular complexity index is 1130. The quantitative estimate of drug-likeness (QED) is 0.702. The average molecular weight is 407 g/mol. The van der Waals surface area contributed by atoms with Gasteiger partial charge in [-0.2, -0.15) is 9.57 Å². The zero-order valence-electron chi connectivity index (χ0n) is 15.9. The summed E-state index contributed by atoms with van der Waals surface area (Å²) in [5, 5.41) is 12.5. The van der Waals surface area contributed by atoms with Crippen LogP contribution < -0.4 is 5.32 Å². The topological polar surface area (TPSA) is 91.0 Å². The monoisotopic (exact) mass is 407 g/mol. The predicted molar refractivity (Wildman–Crippen MR) is 110 cm³/mol. The molecule has 1 N–H and O–H groups in total. The molecule has 2 heterocycles. The SMILES string of the molecule is Cn1cnc(S(=O)(=O)N2CC(Nc3ccc(C#N)cc3)C(c3ccccc3)C2)c1. The van der Waals surface area contributed by atoms with Crippen LogP contribution in [-0.4, -0.2) is 41.4 Å². The Morgan fingerprint density at radius 2 is 1.83 bits per heavy atom. The minimum Gasteiger partial charge on any atom is -0.380 e. The van der Waals surface area contributed by atoms with Crippen LogP contribution in [0, 0.1) is 11.3 Å². The molecule has 4 rings (SSSR count). The summed E-state index contributed by atoms with van der Waals surface area (Å²) in [5.41, 5.74) is 2.52. The molecule has 1 aliphatic rings. The van der Waals surface area contributed by atoms with E-state index in [0.717, 1.165) is 11.3 Å². The highest BCUT2D eigenvalue weighted by Crippen LogP contribution is 2.33. The van der Waals surface area contributed by atoms with Crippen LogP contribution in [0.4, 0.5) is 5.69 Å². The summed E-state index contributed by atoms with van der Waals surface area (Å²) < 4.78 is 29.3. The third-order valence-corrected chi connectivity index (χ3v) is 6.88. The molecule has 1 saturated heterocycles. The summed E-state index contributed by atoms with van der Waals surface area (Å²) in [4.78, 5) is 4.04. The molecule has 0 spiro atoms. The average Bonchev–Trinajstić information content (AvgIpc) is 3.36. The maximum atomic E-state index is 13.1. The van der Waals surface area contributed by atoms with Gasteiger partial charge in [0.05, 0.1) is 18.0 Å². The Morgan fingerprint density at radius 3 is 2.45 bits per heavy atom. The molecule has 3 aromatic rings. The Balaban J connectivity index is 1.63. The Labute approximate surface area is 170 Å². The summed E-state index contributed by atoms with van der Waals surface area (Å²) in [5.74, 6) is -0.00895. The number of nitrogens with zero attached hydrogens (tertiary/aromatic N) is 4. The molecule has 1 aromatic heterocycles. The zero-order chi connectivity index (χ0) is 20.4. The number of benzene rings is 2. The number of sulfonamides is 1. The molecule has 0 saturated carbocycles. The number of nitrogens with one attached hydrogen (secondary N) is 1. The molecule has 0 aliphatic carbocycles. The Morgan fingerprint density at radius 1 is 1.10 bits per heavy atom. The fourth-order valence-corrected chi connectivity index (χ4v) is 5.12. The van der Waals surface area contributed by atoms with Gasteiger partial charge in [0.15, 0.2) is 5.03 Å². The maximum Gasteiger partial charge on any atom is 0.262 e. The zero-order valence-corrected chi connectivity index (χ0v) is 16.7. The first-order chi connectivity index (χ1) is 14.0. The van der Waals surface area contributed by atoms with Gasteiger partial charge < -0.3 is 9.88 Å². The van der Waals surface area contributed by atoms with Gasteiger partial charge in [0.2, 0.25) is 0 Å². The van der Waals surface area contributed by atoms with Crippen molar-refractivity contribution in [2.75, 3.05) is 18.4 Å². The summed E-state index contributed by atoms with van der Waals surface area (Å²) in [6.07, 6.45) is 3.01. The fourth-order valence-electron chi connectivity index (χ4n) is 3.66. The van der Waals surface area contributed by atoms with Crippen LogP contribution in [0.1, 0.15) is 17.0 Å². The van der Waals surface area contributed by atoms with E-state index in [1.165, 1.54) is 16.8 Å². The minimum atomic E-state index is -3.68. The van der Waals surface area contributed by atoms with Crippen molar-refractivity contribution >= 4 is 15.7 Å². The van der Waals surface area contributed by atoms with E-state index in [2.05, 4.69) is 16.4 Å². The number of anilines is 1. The van der Waals surface area contributed by atoms with Crippen molar-refractivity contribution in [3.8, 4) is 6.07 Å². The summed E-state index contributed by atoms with van der Waals surface area (Å²) in [6, 6.07) is 19.1. The first-order valence-electron chi connectivity index (χ1n) is 9.27. The van der Waals surface area contributed by atoms with E-state index in [9.17, 15) is 8.42 Å². The lowest BCUT2D eigenvalue weighted by atomic mass is 9.94. The smallest absolute Gasteiger partial charge is 0.262 e. The molecule has 29 heavy (non-hydrogen) atoms. The molecule has 2 aromatic carbocycles. The number of imidazole rings is 1. The molecular weight excluding hydrogens is 386 g/mol. The minimum absolute atomic E-state index is 0.00895. The lowest BCUT2D eigenvalue weighted by Crippen LogP contribution is -2.32. The Kier molecular flexibility index (Phi) is 5.09. The number of hydrogen-bond donors (Lipinski definition) is 1. The van der Waals surface area contributed by atoms with Crippen LogP contribution in [0.25, 0.3) is 0 Å². The molecular formula is C21H21N5O2S. The molecule has 2 atom stereocenters. The highest BCUT2D eigenvalue weighted by Gasteiger charge is 2.40. The second-order valence-corrected chi connectivity index (χ2v) is 9.04. The van der Waals surface area contributed by atoms with Gasteiger partial charge in [0, 0.05) is 44.0 Å². The first kappa shape index (κ1) is 19.2. The molecule has 0 radical (unpaired) electrons. The number of hydrogen-bond acceptors (Lipinski definition) is 5. The molecule has 2 unspecified atom stereocenters. The lowest BCUT2D eigenvalue weighted by Gasteiger charge is -2.21. The molecule has 0 amide bonds. The van der Waals surface area contributed by atoms with Gasteiger partial charge in [-0.05, 0) is 29.8 Å². The number of nitriles is 1. The molecule has 148 valence electrons. The van der Waals surface area contributed by atoms with Crippen molar-refractivity contribution in [3.63, 3.8) is 0 Å². The van der Waals surface area contributed by atoms with Crippen LogP contribution >= 0.6 is 0 Å². The van der Waals surface area contributed by atoms with Crippen molar-refractivity contribution in [1.29, 1.82) is 5.26 Å². The van der Waals surface area contributed by atoms with E-state index >= 15 is 0 Å². The van der Waals surface area contributed by atoms with Crippen LogP contribution in [0.15, 0.2) is 72.1 Å². The molecule has 8 heteroatoms. The summed E-state index contributed by atoms with van der Waals surface area (Å²) in [7, 11) is -1.93. The standard InChI is InChI=1S/C21H21N5O2S/c1-25-14-21(23-15-25)29(27,28)26-12-19(17-5-3-2-4-6-17)20(13-26)24-18-9-7-16(11-22)8-10-18/h2-10,14-15,19-20,24H,12-13H2,1H3. The first-order valence-corrected chi connectivity index (χ1v) is 10.7. The normalized spacial score (nSPS) is 19.7. The van der Waals surface area contributed by atoms with Crippen molar-refractivity contribution < 1.29 is 8.42 Å². The van der Waals surface area contributed by atoms with Crippen molar-refractivity contribution in [3.05, 3.63) is 78.2 Å². The van der Waals surface area contributed by atoms with Gasteiger partial charge in [-0.25, -0.2) is 13.4 Å². The van der Waals surface area contributed by atoms with Gasteiger partial charge in [-0.15, -0.1) is 0 Å². The van der Waals surface area contributed by atoms with Crippen LogP contribution in [0.5, 0.6) is 0 Å². The van der Waals surface area contributed by atoms with E-state index in [4.69, 9.17) is 5.26 Å². The van der Waals surface area contributed by atoms with Crippen molar-refractivity contribution in [2.45, 2.75) is 17.0 Å². The molecule has 1 fully saturated rings. The van der Waals surface area contributed by atoms with Gasteiger partial charge in [-0.1, -0.05) is 30.3 Å². The lowest BCUT2D eigenvalue weighted by molar-refractivity contribution is 0.468. The van der Waals surface area contributed by atoms with Gasteiger partial charge in [0.1, 0.15) is 0 Å². The summed E-state index contributed by atoms with van der Waals surface area (Å²) >= 11 is 0. The second kappa shape index (κ2) is 7.70. The third kappa shape index (κ3) is 3.88. The second-order valence-electron chi connectivity index (χ2n) is 7.16. The van der Waals surface area contributed by atoms with Crippen LogP contribution in [-0.2, 0) is 17.1 Å². The Hall–Kier alpha value is -3.15. The fraction of sp³-hybridized carbons (Fsp3) is 0.238. The van der Waals surface area contributed by atoms with Gasteiger partial charge >= 0.3 is 0 Å². The van der Waals surface area contributed by atoms with E-state index < -0.39 is 10.0 Å². The van der Waals surface area contributed by atoms with E-state index in [-0.39, 0.29) is 17.0 Å². The van der Waals surface area contributed by atoms with E-state index in [1.807, 2.05) is 42.5 Å². The summed E-state index contributed by atoms with van der Waals surface area (Å²) in [6.45, 7) is 0.704. The largest absolute Gasteiger partial charge is 0.380 e. The van der Waals surface area contributed by atoms with Crippen LogP contribution in [0.3, 0.4) is 0 Å². The van der Waals surface area contributed by atoms with Crippen molar-refractivity contribution in [1.82, 2.24) is 13.9 Å². The maximum absolute atomic E-state index is 13.1. The third-order valence-electron chi connectivity index (χ3n) is 5.17. The van der Waals surface area contributed by atoms with E-state index in [0.29, 0.717) is 18.7 Å². The number of aromatic nitrogens is 2. The highest BCUT2D eigenvalue weighted by molar-refractivity contribution is 7.89. The van der Waals surface area contributed by atoms with Gasteiger partial charge in [0.25, 0.3) is 10.0 Å². The molecule has 7 nitrogen and oxygen atoms in total. The van der Waals surface area contributed by atoms with E-state index in [1.54, 1.807) is 23.7 Å². The number of rotatable bonds is 5. The van der Waals surface area contributed by atoms with Crippen LogP contribution in [0.2, 0.25) is 0 Å². The van der Waals surface area contributed by atoms with Gasteiger partial charge in [-0.3, -0.25) is 0 Å². The highest BCUT2D eigenvalue weighted by atomic mass is 32.2. The molecule has 1 aliphatic heterocycles. The number of aryl methyl sites for hydroxylation is 1. The predicted octanol–water partition coefficient (Wildman–Crippen LogP) is 2.56. The van der Waals surface area contributed by atoms with Crippen molar-refractivity contribution in [2.24, 2.45) is 7.05 Å². The molecule has 0 bridgehead atoms.